The average Bonchev–Trinajstić information content (AvgIpc) is 3.16. The van der Waals surface area contributed by atoms with Gasteiger partial charge in [-0.15, -0.1) is 0 Å². The van der Waals surface area contributed by atoms with Crippen molar-refractivity contribution in [3.8, 4) is 11.5 Å². The predicted molar refractivity (Wildman–Crippen MR) is 89.4 cm³/mol. The van der Waals surface area contributed by atoms with Crippen LogP contribution in [-0.2, 0) is 12.8 Å². The second-order valence-electron chi connectivity index (χ2n) is 6.00. The molecule has 0 bridgehead atoms. The second-order valence-corrected chi connectivity index (χ2v) is 6.00. The summed E-state index contributed by atoms with van der Waals surface area (Å²) in [6.45, 7) is 0. The van der Waals surface area contributed by atoms with E-state index >= 15 is 0 Å². The van der Waals surface area contributed by atoms with Crippen LogP contribution < -0.4 is 9.47 Å². The molecule has 2 aromatic carbocycles. The van der Waals surface area contributed by atoms with Crippen LogP contribution in [0.25, 0.3) is 11.1 Å². The number of methoxy groups -OCH3 is 2. The Bertz CT molecular complexity index is 706. The number of hydrogen-bond acceptors (Lipinski definition) is 2. The number of ether oxygens (including phenoxy) is 2. The highest BCUT2D eigenvalue weighted by molar-refractivity contribution is 5.96. The first-order valence-electron chi connectivity index (χ1n) is 7.87. The third-order valence-corrected chi connectivity index (χ3v) is 4.94. The molecule has 0 fully saturated rings. The van der Waals surface area contributed by atoms with E-state index in [0.29, 0.717) is 0 Å². The SMILES string of the molecule is COc1ccc2c(c1)C(=C1CCc3ccc(OC)cc31)CC2. The largest absolute Gasteiger partial charge is 0.497 e. The highest BCUT2D eigenvalue weighted by atomic mass is 16.5. The van der Waals surface area contributed by atoms with Gasteiger partial charge in [0.2, 0.25) is 0 Å². The van der Waals surface area contributed by atoms with E-state index in [1.807, 2.05) is 0 Å². The van der Waals surface area contributed by atoms with Crippen molar-refractivity contribution in [3.63, 3.8) is 0 Å². The Hall–Kier alpha value is -2.22. The lowest BCUT2D eigenvalue weighted by Gasteiger charge is -2.10. The molecule has 0 saturated carbocycles. The van der Waals surface area contributed by atoms with E-state index in [0.717, 1.165) is 37.2 Å². The summed E-state index contributed by atoms with van der Waals surface area (Å²) in [6.07, 6.45) is 4.54. The molecule has 0 radical (unpaired) electrons. The van der Waals surface area contributed by atoms with Crippen LogP contribution in [-0.4, -0.2) is 14.2 Å². The summed E-state index contributed by atoms with van der Waals surface area (Å²) in [7, 11) is 3.47. The Morgan fingerprint density at radius 2 is 1.09 bits per heavy atom. The van der Waals surface area contributed by atoms with Gasteiger partial charge >= 0.3 is 0 Å². The van der Waals surface area contributed by atoms with E-state index in [4.69, 9.17) is 9.47 Å². The van der Waals surface area contributed by atoms with Crippen LogP contribution in [0.1, 0.15) is 35.1 Å². The van der Waals surface area contributed by atoms with Gasteiger partial charge in [0.25, 0.3) is 0 Å². The van der Waals surface area contributed by atoms with Crippen molar-refractivity contribution in [1.29, 1.82) is 0 Å². The van der Waals surface area contributed by atoms with Gasteiger partial charge in [-0.2, -0.15) is 0 Å². The molecule has 0 N–H and O–H groups in total. The summed E-state index contributed by atoms with van der Waals surface area (Å²) >= 11 is 0. The van der Waals surface area contributed by atoms with Crippen LogP contribution in [0.4, 0.5) is 0 Å². The van der Waals surface area contributed by atoms with Crippen LogP contribution in [0.2, 0.25) is 0 Å². The minimum Gasteiger partial charge on any atom is -0.497 e. The number of aryl methyl sites for hydroxylation is 2. The van der Waals surface area contributed by atoms with Gasteiger partial charge < -0.3 is 9.47 Å². The molecule has 0 aliphatic heterocycles. The molecule has 0 heterocycles. The van der Waals surface area contributed by atoms with Crippen LogP contribution in [0, 0.1) is 0 Å². The average molecular weight is 292 g/mol. The standard InChI is InChI=1S/C20H20O2/c1-21-15-7-3-13-5-9-17(19(13)11-15)18-10-6-14-4-8-16(22-2)12-20(14)18/h3-4,7-8,11-12H,5-6,9-10H2,1-2H3. The zero-order valence-corrected chi connectivity index (χ0v) is 13.1. The lowest BCUT2D eigenvalue weighted by Crippen LogP contribution is -1.90. The first kappa shape index (κ1) is 13.4. The van der Waals surface area contributed by atoms with Crippen molar-refractivity contribution >= 4 is 11.1 Å². The van der Waals surface area contributed by atoms with E-state index in [1.54, 1.807) is 14.2 Å². The fourth-order valence-electron chi connectivity index (χ4n) is 3.78. The molecule has 2 aromatic rings. The van der Waals surface area contributed by atoms with E-state index in [2.05, 4.69) is 36.4 Å². The van der Waals surface area contributed by atoms with E-state index < -0.39 is 0 Å². The van der Waals surface area contributed by atoms with Crippen molar-refractivity contribution in [2.75, 3.05) is 14.2 Å². The zero-order chi connectivity index (χ0) is 15.1. The summed E-state index contributed by atoms with van der Waals surface area (Å²) in [5.74, 6) is 1.89. The van der Waals surface area contributed by atoms with Crippen molar-refractivity contribution in [3.05, 3.63) is 58.7 Å². The number of rotatable bonds is 2. The Labute approximate surface area is 131 Å². The van der Waals surface area contributed by atoms with Gasteiger partial charge in [0.05, 0.1) is 14.2 Å². The van der Waals surface area contributed by atoms with Gasteiger partial charge in [-0.1, -0.05) is 12.1 Å². The van der Waals surface area contributed by atoms with E-state index in [1.165, 1.54) is 33.4 Å². The maximum Gasteiger partial charge on any atom is 0.119 e. The van der Waals surface area contributed by atoms with Crippen molar-refractivity contribution < 1.29 is 9.47 Å². The lowest BCUT2D eigenvalue weighted by molar-refractivity contribution is 0.414. The number of benzene rings is 2. The van der Waals surface area contributed by atoms with E-state index in [-0.39, 0.29) is 0 Å². The third-order valence-electron chi connectivity index (χ3n) is 4.94. The summed E-state index contributed by atoms with van der Waals surface area (Å²) in [4.78, 5) is 0. The molecule has 2 nitrogen and oxygen atoms in total. The molecule has 2 aliphatic rings. The molecule has 0 aromatic heterocycles. The highest BCUT2D eigenvalue weighted by Gasteiger charge is 2.25. The predicted octanol–water partition coefficient (Wildman–Crippen LogP) is 4.51. The van der Waals surface area contributed by atoms with Crippen LogP contribution in [0.3, 0.4) is 0 Å². The fraction of sp³-hybridized carbons (Fsp3) is 0.300. The topological polar surface area (TPSA) is 18.5 Å². The molecule has 4 rings (SSSR count). The summed E-state index contributed by atoms with van der Waals surface area (Å²) in [6, 6.07) is 13.0. The number of fused-ring (bicyclic) bond motifs is 2. The summed E-state index contributed by atoms with van der Waals surface area (Å²) < 4.78 is 10.8. The van der Waals surface area contributed by atoms with Crippen LogP contribution in [0.5, 0.6) is 11.5 Å². The molecule has 2 aliphatic carbocycles. The first-order chi connectivity index (χ1) is 10.8. The molecular weight excluding hydrogens is 272 g/mol. The Kier molecular flexibility index (Phi) is 3.18. The second kappa shape index (κ2) is 5.20. The molecule has 0 unspecified atom stereocenters. The molecule has 0 amide bonds. The fourth-order valence-corrected chi connectivity index (χ4v) is 3.78. The Morgan fingerprint density at radius 3 is 1.50 bits per heavy atom. The normalized spacial score (nSPS) is 19.0. The van der Waals surface area contributed by atoms with Gasteiger partial charge in [-0.3, -0.25) is 0 Å². The lowest BCUT2D eigenvalue weighted by atomic mass is 9.97. The monoisotopic (exact) mass is 292 g/mol. The third kappa shape index (κ3) is 2.02. The maximum atomic E-state index is 5.41. The molecule has 0 spiro atoms. The number of hydrogen-bond donors (Lipinski definition) is 0. The molecule has 112 valence electrons. The number of allylic oxidation sites excluding steroid dienone is 2. The van der Waals surface area contributed by atoms with E-state index in [9.17, 15) is 0 Å². The minimum atomic E-state index is 0.947. The van der Waals surface area contributed by atoms with Gasteiger partial charge in [0.15, 0.2) is 0 Å². The highest BCUT2D eigenvalue weighted by Crippen LogP contribution is 2.45. The first-order valence-corrected chi connectivity index (χ1v) is 7.87. The van der Waals surface area contributed by atoms with Crippen molar-refractivity contribution in [2.24, 2.45) is 0 Å². The quantitative estimate of drug-likeness (QED) is 0.811. The smallest absolute Gasteiger partial charge is 0.119 e. The molecule has 2 heteroatoms. The molecular formula is C20H20O2. The van der Waals surface area contributed by atoms with Gasteiger partial charge in [0, 0.05) is 0 Å². The Balaban J connectivity index is 1.87. The zero-order valence-electron chi connectivity index (χ0n) is 13.1. The van der Waals surface area contributed by atoms with Crippen LogP contribution in [0.15, 0.2) is 36.4 Å². The molecule has 0 atom stereocenters. The Morgan fingerprint density at radius 1 is 0.636 bits per heavy atom. The minimum absolute atomic E-state index is 0.947. The van der Waals surface area contributed by atoms with Gasteiger partial charge in [-0.25, -0.2) is 0 Å². The van der Waals surface area contributed by atoms with Crippen LogP contribution >= 0.6 is 0 Å². The van der Waals surface area contributed by atoms with Gasteiger partial charge in [-0.05, 0) is 83.3 Å². The van der Waals surface area contributed by atoms with Crippen molar-refractivity contribution in [2.45, 2.75) is 25.7 Å². The van der Waals surface area contributed by atoms with Crippen molar-refractivity contribution in [1.82, 2.24) is 0 Å². The van der Waals surface area contributed by atoms with Gasteiger partial charge in [0.1, 0.15) is 11.5 Å². The summed E-state index contributed by atoms with van der Waals surface area (Å²) in [5.41, 5.74) is 8.65. The summed E-state index contributed by atoms with van der Waals surface area (Å²) in [5, 5.41) is 0. The maximum absolute atomic E-state index is 5.41. The molecule has 0 saturated heterocycles. The molecule has 22 heavy (non-hydrogen) atoms.